The Morgan fingerprint density at radius 2 is 1.82 bits per heavy atom. The Labute approximate surface area is 242 Å². The third-order valence-corrected chi connectivity index (χ3v) is 7.79. The van der Waals surface area contributed by atoms with E-state index < -0.39 is 0 Å². The number of benzene rings is 2. The Kier molecular flexibility index (Phi) is 9.93. The summed E-state index contributed by atoms with van der Waals surface area (Å²) >= 11 is 3.62. The molecule has 1 aromatic heterocycles. The fourth-order valence-electron chi connectivity index (χ4n) is 5.06. The molecule has 4 nitrogen and oxygen atoms in total. The van der Waals surface area contributed by atoms with E-state index in [0.29, 0.717) is 5.92 Å². The van der Waals surface area contributed by atoms with E-state index in [1.54, 1.807) is 0 Å². The first-order chi connectivity index (χ1) is 18.7. The van der Waals surface area contributed by atoms with Gasteiger partial charge in [0.2, 0.25) is 0 Å². The second kappa shape index (κ2) is 13.4. The topological polar surface area (TPSA) is 42.2 Å². The number of nitrogens with one attached hydrogen (secondary N) is 1. The molecule has 5 rings (SSSR count). The van der Waals surface area contributed by atoms with Crippen LogP contribution in [0.5, 0.6) is 0 Å². The molecule has 0 fully saturated rings. The third-order valence-electron chi connectivity index (χ3n) is 7.24. The van der Waals surface area contributed by atoms with Gasteiger partial charge >= 0.3 is 0 Å². The summed E-state index contributed by atoms with van der Waals surface area (Å²) in [6, 6.07) is 17.4. The van der Waals surface area contributed by atoms with Crippen LogP contribution < -0.4 is 5.32 Å². The second-order valence-corrected chi connectivity index (χ2v) is 11.8. The molecule has 5 heteroatoms. The van der Waals surface area contributed by atoms with Crippen molar-refractivity contribution in [1.29, 1.82) is 0 Å². The number of hydrogen-bond acceptors (Lipinski definition) is 3. The van der Waals surface area contributed by atoms with Gasteiger partial charge in [-0.25, -0.2) is 9.67 Å². The molecular weight excluding hydrogens is 544 g/mol. The summed E-state index contributed by atoms with van der Waals surface area (Å²) in [6.07, 6.45) is 10.4. The first-order valence-electron chi connectivity index (χ1n) is 13.9. The van der Waals surface area contributed by atoms with Crippen LogP contribution in [0.1, 0.15) is 69.0 Å². The van der Waals surface area contributed by atoms with E-state index in [-0.39, 0.29) is 6.17 Å². The predicted molar refractivity (Wildman–Crippen MR) is 169 cm³/mol. The Balaban J connectivity index is 0.000000270. The smallest absolute Gasteiger partial charge is 0.166 e. The predicted octanol–water partition coefficient (Wildman–Crippen LogP) is 9.00. The van der Waals surface area contributed by atoms with Crippen molar-refractivity contribution >= 4 is 27.5 Å². The number of fused-ring (bicyclic) bond motifs is 1. The molecule has 0 amide bonds. The largest absolute Gasteiger partial charge is 0.291 e. The fraction of sp³-hybridized carbons (Fsp3) is 0.353. The van der Waals surface area contributed by atoms with Gasteiger partial charge in [-0.3, -0.25) is 5.32 Å². The first-order valence-corrected chi connectivity index (χ1v) is 14.7. The summed E-state index contributed by atoms with van der Waals surface area (Å²) < 4.78 is 2.95. The molecule has 1 aliphatic carbocycles. The van der Waals surface area contributed by atoms with Gasteiger partial charge in [0.25, 0.3) is 0 Å². The number of hydrogen-bond donors (Lipinski definition) is 1. The van der Waals surface area contributed by atoms with E-state index >= 15 is 0 Å². The minimum atomic E-state index is 0.0983. The van der Waals surface area contributed by atoms with Gasteiger partial charge in [0.05, 0.1) is 10.7 Å². The standard InChI is InChI=1S/C23H27BrN4.C11H14/c1-4-17-7-9-18(10-8-17)13-25-22-12-21(19-11-15(2)5-6-16(19)3)27-23-20(24)14-26-28(22)23;1-9(2)7-11-6-4-5-10(3)8-11/h5-10,14-15,22,25H,4,11-13H2,1-3H3;4-6,8H,1,7H2,2-3H3. The van der Waals surface area contributed by atoms with E-state index in [4.69, 9.17) is 4.99 Å². The highest BCUT2D eigenvalue weighted by atomic mass is 79.9. The van der Waals surface area contributed by atoms with E-state index in [2.05, 4.69) is 128 Å². The summed E-state index contributed by atoms with van der Waals surface area (Å²) in [5, 5.41) is 8.26. The zero-order chi connectivity index (χ0) is 27.9. The van der Waals surface area contributed by atoms with Gasteiger partial charge in [0.15, 0.2) is 5.82 Å². The third kappa shape index (κ3) is 7.77. The number of nitrogens with zero attached hydrogens (tertiary/aromatic N) is 3. The first kappa shape index (κ1) is 29.0. The molecule has 39 heavy (non-hydrogen) atoms. The van der Waals surface area contributed by atoms with Gasteiger partial charge in [0.1, 0.15) is 6.17 Å². The second-order valence-electron chi connectivity index (χ2n) is 10.9. The van der Waals surface area contributed by atoms with Crippen LogP contribution in [0.2, 0.25) is 0 Å². The molecule has 0 saturated carbocycles. The average Bonchev–Trinajstić information content (AvgIpc) is 3.29. The molecular formula is C34H41BrN4. The van der Waals surface area contributed by atoms with Crippen molar-refractivity contribution in [3.8, 4) is 0 Å². The van der Waals surface area contributed by atoms with E-state index in [0.717, 1.165) is 42.5 Å². The molecule has 2 heterocycles. The Hall–Kier alpha value is -3.02. The maximum absolute atomic E-state index is 4.98. The van der Waals surface area contributed by atoms with Gasteiger partial charge in [-0.15, -0.1) is 0 Å². The van der Waals surface area contributed by atoms with Gasteiger partial charge in [0, 0.05) is 18.7 Å². The maximum Gasteiger partial charge on any atom is 0.166 e. The van der Waals surface area contributed by atoms with Gasteiger partial charge in [-0.2, -0.15) is 5.10 Å². The van der Waals surface area contributed by atoms with Crippen LogP contribution in [0.4, 0.5) is 5.82 Å². The van der Waals surface area contributed by atoms with Gasteiger partial charge in [-0.05, 0) is 89.7 Å². The molecule has 0 spiro atoms. The molecule has 3 aromatic rings. The van der Waals surface area contributed by atoms with Crippen LogP contribution in [0, 0.1) is 12.8 Å². The summed E-state index contributed by atoms with van der Waals surface area (Å²) in [6.45, 7) is 15.5. The van der Waals surface area contributed by atoms with Crippen molar-refractivity contribution in [3.05, 3.63) is 117 Å². The van der Waals surface area contributed by atoms with Crippen molar-refractivity contribution in [2.24, 2.45) is 10.9 Å². The van der Waals surface area contributed by atoms with Crippen LogP contribution in [-0.2, 0) is 19.4 Å². The molecule has 0 bridgehead atoms. The van der Waals surface area contributed by atoms with Crippen molar-refractivity contribution in [3.63, 3.8) is 0 Å². The average molecular weight is 586 g/mol. The van der Waals surface area contributed by atoms with Crippen LogP contribution in [0.25, 0.3) is 0 Å². The van der Waals surface area contributed by atoms with Gasteiger partial charge in [-0.1, -0.05) is 92.2 Å². The van der Waals surface area contributed by atoms with Crippen molar-refractivity contribution in [1.82, 2.24) is 15.1 Å². The van der Waals surface area contributed by atoms with E-state index in [1.165, 1.54) is 44.7 Å². The summed E-state index contributed by atoms with van der Waals surface area (Å²) in [5.74, 6) is 1.46. The van der Waals surface area contributed by atoms with E-state index in [1.807, 2.05) is 10.9 Å². The summed E-state index contributed by atoms with van der Waals surface area (Å²) in [7, 11) is 0. The molecule has 2 atom stereocenters. The molecule has 2 aromatic carbocycles. The molecule has 0 saturated heterocycles. The number of aliphatic imine (C=N–C) groups is 1. The zero-order valence-electron chi connectivity index (χ0n) is 24.0. The monoisotopic (exact) mass is 584 g/mol. The summed E-state index contributed by atoms with van der Waals surface area (Å²) in [4.78, 5) is 4.98. The minimum absolute atomic E-state index is 0.0983. The number of aromatic nitrogens is 2. The van der Waals surface area contributed by atoms with Crippen LogP contribution in [-0.4, -0.2) is 15.5 Å². The normalized spacial score (nSPS) is 18.3. The molecule has 2 aliphatic rings. The van der Waals surface area contributed by atoms with Crippen molar-refractivity contribution in [2.45, 2.75) is 73.0 Å². The lowest BCUT2D eigenvalue weighted by molar-refractivity contribution is 0.375. The molecule has 1 N–H and O–H groups in total. The highest BCUT2D eigenvalue weighted by Crippen LogP contribution is 2.36. The van der Waals surface area contributed by atoms with Crippen LogP contribution in [0.15, 0.2) is 99.6 Å². The highest BCUT2D eigenvalue weighted by Gasteiger charge is 2.28. The molecule has 2 unspecified atom stereocenters. The number of allylic oxidation sites excluding steroid dienone is 5. The quantitative estimate of drug-likeness (QED) is 0.281. The van der Waals surface area contributed by atoms with Crippen LogP contribution >= 0.6 is 15.9 Å². The lowest BCUT2D eigenvalue weighted by Gasteiger charge is -2.28. The Morgan fingerprint density at radius 3 is 2.51 bits per heavy atom. The number of aryl methyl sites for hydroxylation is 2. The summed E-state index contributed by atoms with van der Waals surface area (Å²) in [5.41, 5.74) is 10.5. The van der Waals surface area contributed by atoms with Crippen molar-refractivity contribution in [2.75, 3.05) is 0 Å². The zero-order valence-corrected chi connectivity index (χ0v) is 25.6. The Morgan fingerprint density at radius 1 is 1.08 bits per heavy atom. The molecule has 0 radical (unpaired) electrons. The van der Waals surface area contributed by atoms with Gasteiger partial charge < -0.3 is 0 Å². The fourth-order valence-corrected chi connectivity index (χ4v) is 5.43. The number of rotatable bonds is 7. The minimum Gasteiger partial charge on any atom is -0.291 e. The highest BCUT2D eigenvalue weighted by molar-refractivity contribution is 9.10. The maximum atomic E-state index is 4.98. The van der Waals surface area contributed by atoms with E-state index in [9.17, 15) is 0 Å². The lowest BCUT2D eigenvalue weighted by Crippen LogP contribution is -2.32. The Bertz CT molecular complexity index is 1390. The molecule has 204 valence electrons. The SMILES string of the molecule is C=C(C)Cc1cccc(C)c1.CCc1ccc(CNC2CC(C3=C(C)C=CC(C)C3)=Nc3c(Br)cnn32)cc1. The van der Waals surface area contributed by atoms with Crippen molar-refractivity contribution < 1.29 is 0 Å². The number of halogens is 1. The van der Waals surface area contributed by atoms with Crippen LogP contribution in [0.3, 0.4) is 0 Å². The lowest BCUT2D eigenvalue weighted by atomic mass is 9.87. The molecule has 1 aliphatic heterocycles.